The summed E-state index contributed by atoms with van der Waals surface area (Å²) in [6.07, 6.45) is 5.13. The molecule has 7 nitrogen and oxygen atoms in total. The molecule has 2 amide bonds. The number of sulfonamides is 1. The number of rotatable bonds is 10. The minimum Gasteiger partial charge on any atom is -0.352 e. The molecule has 0 saturated heterocycles. The van der Waals surface area contributed by atoms with Crippen LogP contribution < -0.4 is 9.62 Å². The van der Waals surface area contributed by atoms with Crippen LogP contribution in [-0.4, -0.2) is 43.8 Å². The van der Waals surface area contributed by atoms with Crippen molar-refractivity contribution in [3.05, 3.63) is 94.0 Å². The molecule has 0 bridgehead atoms. The van der Waals surface area contributed by atoms with E-state index in [4.69, 9.17) is 11.6 Å². The van der Waals surface area contributed by atoms with Crippen LogP contribution in [0.1, 0.15) is 61.3 Å². The molecular formula is C33H40ClN3O4S. The van der Waals surface area contributed by atoms with Crippen molar-refractivity contribution >= 4 is 39.1 Å². The second kappa shape index (κ2) is 13.7. The molecule has 1 atom stereocenters. The van der Waals surface area contributed by atoms with Gasteiger partial charge >= 0.3 is 0 Å². The van der Waals surface area contributed by atoms with Gasteiger partial charge in [-0.2, -0.15) is 0 Å². The maximum atomic E-state index is 14.2. The molecule has 1 N–H and O–H groups in total. The summed E-state index contributed by atoms with van der Waals surface area (Å²) in [7, 11) is -4.16. The number of carbonyl (C=O) groups is 2. The summed E-state index contributed by atoms with van der Waals surface area (Å²) in [6.45, 7) is 6.99. The van der Waals surface area contributed by atoms with Gasteiger partial charge in [0.15, 0.2) is 0 Å². The smallest absolute Gasteiger partial charge is 0.264 e. The van der Waals surface area contributed by atoms with Gasteiger partial charge in [-0.1, -0.05) is 84.5 Å². The summed E-state index contributed by atoms with van der Waals surface area (Å²) < 4.78 is 29.2. The van der Waals surface area contributed by atoms with Crippen molar-refractivity contribution < 1.29 is 18.0 Å². The minimum absolute atomic E-state index is 0.0635. The zero-order valence-corrected chi connectivity index (χ0v) is 26.3. The van der Waals surface area contributed by atoms with E-state index in [1.54, 1.807) is 44.2 Å². The monoisotopic (exact) mass is 609 g/mol. The van der Waals surface area contributed by atoms with Gasteiger partial charge < -0.3 is 10.2 Å². The lowest BCUT2D eigenvalue weighted by Gasteiger charge is -2.33. The Morgan fingerprint density at radius 3 is 2.29 bits per heavy atom. The molecule has 224 valence electrons. The van der Waals surface area contributed by atoms with E-state index in [2.05, 4.69) is 5.32 Å². The van der Waals surface area contributed by atoms with Crippen LogP contribution in [0.25, 0.3) is 0 Å². The van der Waals surface area contributed by atoms with E-state index in [0.717, 1.165) is 53.1 Å². The Hall–Kier alpha value is -3.36. The van der Waals surface area contributed by atoms with Crippen LogP contribution in [0.5, 0.6) is 0 Å². The fraction of sp³-hybridized carbons (Fsp3) is 0.394. The van der Waals surface area contributed by atoms with E-state index in [9.17, 15) is 18.0 Å². The van der Waals surface area contributed by atoms with Gasteiger partial charge in [-0.15, -0.1) is 0 Å². The third-order valence-corrected chi connectivity index (χ3v) is 9.89. The molecule has 0 aromatic heterocycles. The van der Waals surface area contributed by atoms with E-state index in [1.807, 2.05) is 38.1 Å². The molecule has 0 unspecified atom stereocenters. The van der Waals surface area contributed by atoms with Gasteiger partial charge in [0.25, 0.3) is 10.0 Å². The average molecular weight is 610 g/mol. The fourth-order valence-electron chi connectivity index (χ4n) is 5.36. The highest BCUT2D eigenvalue weighted by atomic mass is 35.5. The van der Waals surface area contributed by atoms with Gasteiger partial charge in [-0.25, -0.2) is 8.42 Å². The summed E-state index contributed by atoms with van der Waals surface area (Å²) >= 11 is 6.31. The Labute approximate surface area is 254 Å². The summed E-state index contributed by atoms with van der Waals surface area (Å²) in [5.74, 6) is -0.729. The van der Waals surface area contributed by atoms with Gasteiger partial charge in [-0.3, -0.25) is 13.9 Å². The number of halogens is 1. The third-order valence-electron chi connectivity index (χ3n) is 7.88. The number of nitrogens with zero attached hydrogens (tertiary/aromatic N) is 2. The maximum Gasteiger partial charge on any atom is 0.264 e. The zero-order chi connectivity index (χ0) is 30.4. The lowest BCUT2D eigenvalue weighted by atomic mass is 9.95. The Morgan fingerprint density at radius 2 is 1.62 bits per heavy atom. The van der Waals surface area contributed by atoms with Crippen molar-refractivity contribution in [1.29, 1.82) is 0 Å². The van der Waals surface area contributed by atoms with Crippen molar-refractivity contribution in [3.8, 4) is 0 Å². The molecule has 0 radical (unpaired) electrons. The first-order valence-electron chi connectivity index (χ1n) is 14.5. The fourth-order valence-corrected chi connectivity index (χ4v) is 7.00. The summed E-state index contributed by atoms with van der Waals surface area (Å²) in [5.41, 5.74) is 3.75. The molecule has 42 heavy (non-hydrogen) atoms. The normalized spacial score (nSPS) is 14.7. The van der Waals surface area contributed by atoms with E-state index in [0.29, 0.717) is 16.3 Å². The van der Waals surface area contributed by atoms with E-state index < -0.39 is 28.5 Å². The number of amides is 2. The highest BCUT2D eigenvalue weighted by Crippen LogP contribution is 2.30. The van der Waals surface area contributed by atoms with Crippen LogP contribution in [0.15, 0.2) is 71.6 Å². The van der Waals surface area contributed by atoms with Crippen LogP contribution in [0.4, 0.5) is 5.69 Å². The van der Waals surface area contributed by atoms with Gasteiger partial charge in [-0.05, 0) is 75.9 Å². The van der Waals surface area contributed by atoms with Crippen molar-refractivity contribution in [3.63, 3.8) is 0 Å². The first-order valence-corrected chi connectivity index (χ1v) is 16.3. The highest BCUT2D eigenvalue weighted by molar-refractivity contribution is 7.92. The summed E-state index contributed by atoms with van der Waals surface area (Å²) in [5, 5.41) is 3.48. The molecule has 3 aromatic carbocycles. The van der Waals surface area contributed by atoms with Crippen LogP contribution in [-0.2, 0) is 26.2 Å². The maximum absolute atomic E-state index is 14.2. The number of aryl methyl sites for hydroxylation is 3. The minimum atomic E-state index is -4.16. The summed E-state index contributed by atoms with van der Waals surface area (Å²) in [4.78, 5) is 29.2. The van der Waals surface area contributed by atoms with Gasteiger partial charge in [0.1, 0.15) is 12.6 Å². The van der Waals surface area contributed by atoms with E-state index in [-0.39, 0.29) is 23.4 Å². The van der Waals surface area contributed by atoms with E-state index in [1.165, 1.54) is 17.0 Å². The molecule has 9 heteroatoms. The number of carbonyl (C=O) groups excluding carboxylic acids is 2. The molecule has 1 fully saturated rings. The van der Waals surface area contributed by atoms with Crippen molar-refractivity contribution in [2.24, 2.45) is 0 Å². The largest absolute Gasteiger partial charge is 0.352 e. The predicted octanol–water partition coefficient (Wildman–Crippen LogP) is 6.33. The Kier molecular flexibility index (Phi) is 10.3. The molecule has 1 saturated carbocycles. The number of hydrogen-bond donors (Lipinski definition) is 1. The highest BCUT2D eigenvalue weighted by Gasteiger charge is 2.34. The lowest BCUT2D eigenvalue weighted by molar-refractivity contribution is -0.139. The molecule has 0 heterocycles. The van der Waals surface area contributed by atoms with Crippen LogP contribution in [0.3, 0.4) is 0 Å². The molecule has 1 aliphatic rings. The zero-order valence-electron chi connectivity index (χ0n) is 24.8. The SMILES string of the molecule is Cc1ccc(S(=O)(=O)N(CC(=O)N(Cc2cccc(C)c2)[C@@H](C)C(=O)NC2CCCCC2)c2cc(Cl)ccc2C)cc1. The second-order valence-electron chi connectivity index (χ2n) is 11.3. The van der Waals surface area contributed by atoms with E-state index >= 15 is 0 Å². The van der Waals surface area contributed by atoms with Crippen LogP contribution >= 0.6 is 11.6 Å². The lowest BCUT2D eigenvalue weighted by Crippen LogP contribution is -2.53. The van der Waals surface area contributed by atoms with Crippen LogP contribution in [0, 0.1) is 20.8 Å². The van der Waals surface area contributed by atoms with Crippen molar-refractivity contribution in [2.45, 2.75) is 83.3 Å². The molecular weight excluding hydrogens is 570 g/mol. The quantitative estimate of drug-likeness (QED) is 0.291. The third kappa shape index (κ3) is 7.72. The van der Waals surface area contributed by atoms with Crippen LogP contribution in [0.2, 0.25) is 5.02 Å². The van der Waals surface area contributed by atoms with Crippen molar-refractivity contribution in [1.82, 2.24) is 10.2 Å². The summed E-state index contributed by atoms with van der Waals surface area (Å²) in [6, 6.07) is 18.5. The number of benzene rings is 3. The van der Waals surface area contributed by atoms with Gasteiger partial charge in [0, 0.05) is 17.6 Å². The Bertz CT molecular complexity index is 1520. The topological polar surface area (TPSA) is 86.8 Å². The second-order valence-corrected chi connectivity index (χ2v) is 13.6. The molecule has 0 spiro atoms. The van der Waals surface area contributed by atoms with Gasteiger partial charge in [0.05, 0.1) is 10.6 Å². The molecule has 4 rings (SSSR count). The Balaban J connectivity index is 1.71. The van der Waals surface area contributed by atoms with Crippen molar-refractivity contribution in [2.75, 3.05) is 10.8 Å². The average Bonchev–Trinajstić information content (AvgIpc) is 2.96. The predicted molar refractivity (Wildman–Crippen MR) is 168 cm³/mol. The Morgan fingerprint density at radius 1 is 0.929 bits per heavy atom. The molecule has 3 aromatic rings. The van der Waals surface area contributed by atoms with Gasteiger partial charge in [0.2, 0.25) is 11.8 Å². The number of anilines is 1. The first-order chi connectivity index (χ1) is 20.0. The number of nitrogens with one attached hydrogen (secondary N) is 1. The molecule has 1 aliphatic carbocycles. The number of hydrogen-bond acceptors (Lipinski definition) is 4. The molecule has 0 aliphatic heterocycles. The first kappa shape index (κ1) is 31.6. The standard InChI is InChI=1S/C33H40ClN3O4S/c1-23-13-17-30(18-14-23)42(40,41)37(31-20-28(34)16-15-25(31)3)22-32(38)36(21-27-10-8-9-24(2)19-27)26(4)33(39)35-29-11-6-5-7-12-29/h8-10,13-20,26,29H,5-7,11-12,21-22H2,1-4H3,(H,35,39)/t26-/m0/s1.